The second-order valence-corrected chi connectivity index (χ2v) is 6.18. The number of aromatic nitrogens is 6. The van der Waals surface area contributed by atoms with Gasteiger partial charge in [0.1, 0.15) is 11.6 Å². The number of benzene rings is 2. The summed E-state index contributed by atoms with van der Waals surface area (Å²) in [5.41, 5.74) is 1.88. The molecule has 0 radical (unpaired) electrons. The van der Waals surface area contributed by atoms with Crippen molar-refractivity contribution in [2.75, 3.05) is 0 Å². The standard InChI is InChI=1S/C18H15ClN6O2.2C2H6/c1-23-18(26)25(22-21-23)16-10-6-5-7-13(16)12-27-17-15(19)11-24(20-17)14-8-3-2-4-9-14;2*1-2/h2-11H,12H2,1H3;2*1-2H3. The van der Waals surface area contributed by atoms with E-state index in [1.54, 1.807) is 24.0 Å². The van der Waals surface area contributed by atoms with Gasteiger partial charge in [-0.2, -0.15) is 9.36 Å². The molecule has 0 saturated carbocycles. The van der Waals surface area contributed by atoms with Crippen LogP contribution in [-0.2, 0) is 13.7 Å². The van der Waals surface area contributed by atoms with Crippen LogP contribution >= 0.6 is 11.6 Å². The Morgan fingerprint density at radius 1 is 0.935 bits per heavy atom. The maximum absolute atomic E-state index is 12.1. The van der Waals surface area contributed by atoms with Gasteiger partial charge in [-0.05, 0) is 28.6 Å². The van der Waals surface area contributed by atoms with Crippen molar-refractivity contribution in [2.24, 2.45) is 7.05 Å². The Kier molecular flexibility index (Phi) is 9.02. The molecule has 31 heavy (non-hydrogen) atoms. The lowest BCUT2D eigenvalue weighted by molar-refractivity contribution is 0.291. The van der Waals surface area contributed by atoms with E-state index in [1.165, 1.54) is 4.68 Å². The van der Waals surface area contributed by atoms with Crippen LogP contribution in [0.1, 0.15) is 33.3 Å². The summed E-state index contributed by atoms with van der Waals surface area (Å²) in [4.78, 5) is 12.1. The third kappa shape index (κ3) is 5.61. The molecule has 0 unspecified atom stereocenters. The Morgan fingerprint density at radius 3 is 2.23 bits per heavy atom. The molecular formula is C22H27ClN6O2. The van der Waals surface area contributed by atoms with Crippen LogP contribution in [0.4, 0.5) is 0 Å². The predicted octanol–water partition coefficient (Wildman–Crippen LogP) is 4.44. The molecule has 0 aliphatic heterocycles. The van der Waals surface area contributed by atoms with Gasteiger partial charge in [-0.1, -0.05) is 75.7 Å². The number of tetrazole rings is 1. The second kappa shape index (κ2) is 11.7. The number of halogens is 1. The molecule has 4 aromatic rings. The monoisotopic (exact) mass is 442 g/mol. The van der Waals surface area contributed by atoms with Crippen LogP contribution in [0.5, 0.6) is 5.88 Å². The molecule has 0 atom stereocenters. The summed E-state index contributed by atoms with van der Waals surface area (Å²) < 4.78 is 9.84. The lowest BCUT2D eigenvalue weighted by Gasteiger charge is -2.08. The minimum Gasteiger partial charge on any atom is -0.471 e. The van der Waals surface area contributed by atoms with Gasteiger partial charge in [0.2, 0.25) is 0 Å². The van der Waals surface area contributed by atoms with Crippen LogP contribution < -0.4 is 10.4 Å². The molecule has 0 saturated heterocycles. The van der Waals surface area contributed by atoms with Crippen molar-refractivity contribution < 1.29 is 4.74 Å². The van der Waals surface area contributed by atoms with Crippen molar-refractivity contribution in [3.8, 4) is 17.3 Å². The summed E-state index contributed by atoms with van der Waals surface area (Å²) in [6.07, 6.45) is 1.69. The van der Waals surface area contributed by atoms with Crippen LogP contribution in [0, 0.1) is 0 Å². The van der Waals surface area contributed by atoms with Crippen molar-refractivity contribution in [2.45, 2.75) is 34.3 Å². The number of rotatable bonds is 5. The Hall–Kier alpha value is -3.39. The van der Waals surface area contributed by atoms with Gasteiger partial charge in [-0.25, -0.2) is 9.48 Å². The minimum absolute atomic E-state index is 0.171. The average molecular weight is 443 g/mol. The molecule has 0 aliphatic carbocycles. The first-order chi connectivity index (χ1) is 15.1. The molecule has 2 aromatic carbocycles. The van der Waals surface area contributed by atoms with E-state index in [1.807, 2.05) is 76.2 Å². The molecule has 4 rings (SSSR count). The highest BCUT2D eigenvalue weighted by Crippen LogP contribution is 2.25. The summed E-state index contributed by atoms with van der Waals surface area (Å²) in [6, 6.07) is 16.9. The largest absolute Gasteiger partial charge is 0.471 e. The SMILES string of the molecule is CC.CC.Cn1nnn(-c2ccccc2COc2nn(-c3ccccc3)cc2Cl)c1=O. The van der Waals surface area contributed by atoms with Crippen molar-refractivity contribution in [3.63, 3.8) is 0 Å². The average Bonchev–Trinajstić information content (AvgIpc) is 3.37. The van der Waals surface area contributed by atoms with Crippen LogP contribution in [0.2, 0.25) is 5.02 Å². The maximum atomic E-state index is 12.1. The Balaban J connectivity index is 0.000000807. The van der Waals surface area contributed by atoms with Gasteiger partial charge in [0, 0.05) is 12.6 Å². The van der Waals surface area contributed by atoms with E-state index < -0.39 is 0 Å². The summed E-state index contributed by atoms with van der Waals surface area (Å²) in [6.45, 7) is 8.17. The first-order valence-corrected chi connectivity index (χ1v) is 10.5. The van der Waals surface area contributed by atoms with Gasteiger partial charge in [0.25, 0.3) is 5.88 Å². The van der Waals surface area contributed by atoms with Crippen LogP contribution in [0.3, 0.4) is 0 Å². The van der Waals surface area contributed by atoms with E-state index in [0.29, 0.717) is 16.6 Å². The zero-order chi connectivity index (χ0) is 22.8. The molecule has 8 nitrogen and oxygen atoms in total. The highest BCUT2D eigenvalue weighted by Gasteiger charge is 2.14. The summed E-state index contributed by atoms with van der Waals surface area (Å²) >= 11 is 6.26. The van der Waals surface area contributed by atoms with E-state index in [2.05, 4.69) is 15.5 Å². The molecule has 0 bridgehead atoms. The van der Waals surface area contributed by atoms with Gasteiger partial charge in [-0.15, -0.1) is 5.10 Å². The maximum Gasteiger partial charge on any atom is 0.368 e. The number of ether oxygens (including phenoxy) is 1. The van der Waals surface area contributed by atoms with Crippen molar-refractivity contribution in [1.29, 1.82) is 0 Å². The first-order valence-electron chi connectivity index (χ1n) is 10.1. The van der Waals surface area contributed by atoms with Crippen molar-refractivity contribution in [3.05, 3.63) is 81.9 Å². The highest BCUT2D eigenvalue weighted by atomic mass is 35.5. The zero-order valence-electron chi connectivity index (χ0n) is 18.4. The number of aryl methyl sites for hydroxylation is 1. The van der Waals surface area contributed by atoms with Gasteiger partial charge < -0.3 is 4.74 Å². The van der Waals surface area contributed by atoms with E-state index >= 15 is 0 Å². The van der Waals surface area contributed by atoms with E-state index in [9.17, 15) is 4.79 Å². The lowest BCUT2D eigenvalue weighted by atomic mass is 10.2. The molecule has 0 spiro atoms. The Labute approximate surface area is 186 Å². The molecule has 0 N–H and O–H groups in total. The van der Waals surface area contributed by atoms with E-state index in [-0.39, 0.29) is 12.3 Å². The Morgan fingerprint density at radius 2 is 1.58 bits per heavy atom. The minimum atomic E-state index is -0.339. The van der Waals surface area contributed by atoms with Crippen molar-refractivity contribution in [1.82, 2.24) is 29.6 Å². The molecule has 2 heterocycles. The smallest absolute Gasteiger partial charge is 0.368 e. The molecule has 0 fully saturated rings. The number of nitrogens with zero attached hydrogens (tertiary/aromatic N) is 6. The fraction of sp³-hybridized carbons (Fsp3) is 0.273. The summed E-state index contributed by atoms with van der Waals surface area (Å²) in [7, 11) is 1.54. The van der Waals surface area contributed by atoms with Gasteiger partial charge in [0.05, 0.1) is 17.6 Å². The number of hydrogen-bond donors (Lipinski definition) is 0. The lowest BCUT2D eigenvalue weighted by Crippen LogP contribution is -2.23. The quantitative estimate of drug-likeness (QED) is 0.456. The van der Waals surface area contributed by atoms with Gasteiger partial charge >= 0.3 is 5.69 Å². The molecule has 9 heteroatoms. The van der Waals surface area contributed by atoms with E-state index in [4.69, 9.17) is 16.3 Å². The first kappa shape index (κ1) is 23.9. The van der Waals surface area contributed by atoms with Crippen LogP contribution in [0.25, 0.3) is 11.4 Å². The molecular weight excluding hydrogens is 416 g/mol. The Bertz CT molecular complexity index is 1130. The zero-order valence-corrected chi connectivity index (χ0v) is 19.1. The highest BCUT2D eigenvalue weighted by molar-refractivity contribution is 6.31. The van der Waals surface area contributed by atoms with Gasteiger partial charge in [0.15, 0.2) is 0 Å². The van der Waals surface area contributed by atoms with E-state index in [0.717, 1.165) is 15.9 Å². The molecule has 0 amide bonds. The fourth-order valence-corrected chi connectivity index (χ4v) is 2.78. The topological polar surface area (TPSA) is 79.8 Å². The third-order valence-corrected chi connectivity index (χ3v) is 4.22. The second-order valence-electron chi connectivity index (χ2n) is 5.78. The molecule has 0 aliphatic rings. The van der Waals surface area contributed by atoms with Crippen LogP contribution in [-0.4, -0.2) is 29.6 Å². The normalized spacial score (nSPS) is 9.87. The number of para-hydroxylation sites is 2. The third-order valence-electron chi connectivity index (χ3n) is 3.97. The number of hydrogen-bond acceptors (Lipinski definition) is 5. The fourth-order valence-electron chi connectivity index (χ4n) is 2.60. The summed E-state index contributed by atoms with van der Waals surface area (Å²) in [5, 5.41) is 12.4. The predicted molar refractivity (Wildman–Crippen MR) is 122 cm³/mol. The van der Waals surface area contributed by atoms with Crippen LogP contribution in [0.15, 0.2) is 65.6 Å². The molecule has 164 valence electrons. The summed E-state index contributed by atoms with van der Waals surface area (Å²) in [5.74, 6) is 0.307. The van der Waals surface area contributed by atoms with Crippen molar-refractivity contribution >= 4 is 11.6 Å². The molecule has 2 aromatic heterocycles. The van der Waals surface area contributed by atoms with Gasteiger partial charge in [-0.3, -0.25) is 0 Å².